The number of carbonyl (C=O) groups excluding carboxylic acids is 2. The Hall–Kier alpha value is -3.69. The van der Waals surface area contributed by atoms with Crippen LogP contribution < -0.4 is 10.2 Å². The number of benzene rings is 1. The largest absolute Gasteiger partial charge is 0.416 e. The van der Waals surface area contributed by atoms with Crippen molar-refractivity contribution in [2.24, 2.45) is 0 Å². The number of nitrogens with zero attached hydrogens (tertiary/aromatic N) is 4. The minimum absolute atomic E-state index is 0.0520. The van der Waals surface area contributed by atoms with Gasteiger partial charge in [-0.1, -0.05) is 0 Å². The van der Waals surface area contributed by atoms with E-state index in [4.69, 9.17) is 0 Å². The van der Waals surface area contributed by atoms with Crippen LogP contribution in [-0.4, -0.2) is 33.1 Å². The molecule has 1 aromatic carbocycles. The molecule has 4 rings (SSSR count). The van der Waals surface area contributed by atoms with Gasteiger partial charge >= 0.3 is 6.18 Å². The van der Waals surface area contributed by atoms with Crippen molar-refractivity contribution < 1.29 is 22.8 Å². The summed E-state index contributed by atoms with van der Waals surface area (Å²) in [5.74, 6) is -0.880. The molecule has 0 unspecified atom stereocenters. The lowest BCUT2D eigenvalue weighted by Crippen LogP contribution is -2.39. The number of pyridine rings is 1. The number of nitrogens with one attached hydrogen (secondary N) is 1. The Balaban J connectivity index is 1.58. The van der Waals surface area contributed by atoms with E-state index in [1.807, 2.05) is 0 Å². The van der Waals surface area contributed by atoms with Crippen molar-refractivity contribution >= 4 is 23.2 Å². The number of hydrogen-bond donors (Lipinski definition) is 1. The van der Waals surface area contributed by atoms with E-state index in [2.05, 4.69) is 15.4 Å². The number of halogens is 3. The van der Waals surface area contributed by atoms with Crippen molar-refractivity contribution in [1.82, 2.24) is 14.8 Å². The number of aromatic nitrogens is 3. The average Bonchev–Trinajstić information content (AvgIpc) is 3.10. The summed E-state index contributed by atoms with van der Waals surface area (Å²) in [4.78, 5) is 31.0. The van der Waals surface area contributed by atoms with Crippen molar-refractivity contribution in [3.05, 3.63) is 60.0 Å². The lowest BCUT2D eigenvalue weighted by Gasteiger charge is -2.22. The second-order valence-electron chi connectivity index (χ2n) is 6.82. The maximum Gasteiger partial charge on any atom is 0.416 e. The average molecular weight is 415 g/mol. The molecular formula is C20H16F3N5O2. The van der Waals surface area contributed by atoms with E-state index in [-0.39, 0.29) is 24.7 Å². The van der Waals surface area contributed by atoms with Crippen LogP contribution in [0.2, 0.25) is 0 Å². The number of rotatable bonds is 3. The van der Waals surface area contributed by atoms with Gasteiger partial charge in [0.2, 0.25) is 11.8 Å². The van der Waals surface area contributed by atoms with Gasteiger partial charge in [-0.25, -0.2) is 0 Å². The van der Waals surface area contributed by atoms with Crippen LogP contribution in [0.4, 0.5) is 24.5 Å². The third-order valence-corrected chi connectivity index (χ3v) is 4.69. The molecule has 3 heterocycles. The Bertz CT molecular complexity index is 1120. The fourth-order valence-corrected chi connectivity index (χ4v) is 3.26. The molecule has 0 bridgehead atoms. The van der Waals surface area contributed by atoms with Gasteiger partial charge in [0, 0.05) is 29.3 Å². The summed E-state index contributed by atoms with van der Waals surface area (Å²) < 4.78 is 39.6. The first-order chi connectivity index (χ1) is 14.2. The second-order valence-corrected chi connectivity index (χ2v) is 6.82. The first-order valence-corrected chi connectivity index (χ1v) is 8.98. The molecule has 0 radical (unpaired) electrons. The van der Waals surface area contributed by atoms with E-state index in [9.17, 15) is 22.8 Å². The van der Waals surface area contributed by atoms with Gasteiger partial charge in [-0.05, 0) is 43.3 Å². The van der Waals surface area contributed by atoms with E-state index in [0.29, 0.717) is 22.6 Å². The summed E-state index contributed by atoms with van der Waals surface area (Å²) in [5.41, 5.74) is 1.95. The Morgan fingerprint density at radius 2 is 1.93 bits per heavy atom. The van der Waals surface area contributed by atoms with Crippen LogP contribution in [0.25, 0.3) is 11.3 Å². The molecule has 0 spiro atoms. The molecular weight excluding hydrogens is 399 g/mol. The molecule has 3 aromatic rings. The number of aryl methyl sites for hydroxylation is 1. The Morgan fingerprint density at radius 1 is 1.20 bits per heavy atom. The summed E-state index contributed by atoms with van der Waals surface area (Å²) in [6, 6.07) is 7.58. The van der Waals surface area contributed by atoms with Gasteiger partial charge < -0.3 is 10.2 Å². The summed E-state index contributed by atoms with van der Waals surface area (Å²) in [7, 11) is 0. The standard InChI is InChI=1S/C20H16F3N5O2/c1-12-8-17-15(9-24-12)16-6-7-25-28(16)11-19(30)27(17)10-18(29)26-14-4-2-13(3-5-14)20(21,22)23/h2-9H,10-11H2,1H3,(H,26,29). The molecule has 30 heavy (non-hydrogen) atoms. The van der Waals surface area contributed by atoms with Crippen LogP contribution in [0, 0.1) is 6.92 Å². The summed E-state index contributed by atoms with van der Waals surface area (Å²) in [6.07, 6.45) is -1.25. The van der Waals surface area contributed by atoms with E-state index in [1.165, 1.54) is 21.7 Å². The highest BCUT2D eigenvalue weighted by atomic mass is 19.4. The smallest absolute Gasteiger partial charge is 0.325 e. The van der Waals surface area contributed by atoms with Crippen LogP contribution >= 0.6 is 0 Å². The summed E-state index contributed by atoms with van der Waals surface area (Å²) in [5, 5.41) is 6.68. The van der Waals surface area contributed by atoms with Crippen LogP contribution in [0.1, 0.15) is 11.3 Å². The molecule has 10 heteroatoms. The monoisotopic (exact) mass is 415 g/mol. The Kier molecular flexibility index (Phi) is 4.76. The third-order valence-electron chi connectivity index (χ3n) is 4.69. The molecule has 1 aliphatic heterocycles. The zero-order chi connectivity index (χ0) is 21.5. The molecule has 1 aliphatic rings. The van der Waals surface area contributed by atoms with Crippen LogP contribution in [-0.2, 0) is 22.3 Å². The molecule has 0 saturated heterocycles. The van der Waals surface area contributed by atoms with Gasteiger partial charge in [-0.2, -0.15) is 18.3 Å². The van der Waals surface area contributed by atoms with Crippen molar-refractivity contribution in [3.63, 3.8) is 0 Å². The minimum Gasteiger partial charge on any atom is -0.325 e. The quantitative estimate of drug-likeness (QED) is 0.712. The molecule has 1 N–H and O–H groups in total. The number of carbonyl (C=O) groups is 2. The fraction of sp³-hybridized carbons (Fsp3) is 0.200. The Morgan fingerprint density at radius 3 is 2.63 bits per heavy atom. The third kappa shape index (κ3) is 3.76. The van der Waals surface area contributed by atoms with Gasteiger partial charge in [0.1, 0.15) is 13.1 Å². The maximum absolute atomic E-state index is 12.8. The van der Waals surface area contributed by atoms with Crippen LogP contribution in [0.3, 0.4) is 0 Å². The minimum atomic E-state index is -4.46. The molecule has 154 valence electrons. The lowest BCUT2D eigenvalue weighted by atomic mass is 10.1. The van der Waals surface area contributed by atoms with Crippen LogP contribution in [0.15, 0.2) is 48.8 Å². The number of anilines is 2. The van der Waals surface area contributed by atoms with Crippen molar-refractivity contribution in [2.75, 3.05) is 16.8 Å². The van der Waals surface area contributed by atoms with E-state index < -0.39 is 17.6 Å². The number of amides is 2. The van der Waals surface area contributed by atoms with Crippen molar-refractivity contribution in [1.29, 1.82) is 0 Å². The predicted molar refractivity (Wildman–Crippen MR) is 103 cm³/mol. The number of hydrogen-bond acceptors (Lipinski definition) is 4. The number of alkyl halides is 3. The molecule has 0 saturated carbocycles. The zero-order valence-electron chi connectivity index (χ0n) is 15.8. The molecule has 0 aliphatic carbocycles. The van der Waals surface area contributed by atoms with Crippen molar-refractivity contribution in [3.8, 4) is 11.3 Å². The normalized spacial score (nSPS) is 13.5. The van der Waals surface area contributed by atoms with E-state index >= 15 is 0 Å². The topological polar surface area (TPSA) is 80.1 Å². The Labute approximate surface area is 169 Å². The summed E-state index contributed by atoms with van der Waals surface area (Å²) >= 11 is 0. The number of fused-ring (bicyclic) bond motifs is 3. The summed E-state index contributed by atoms with van der Waals surface area (Å²) in [6.45, 7) is 1.41. The van der Waals surface area contributed by atoms with Gasteiger partial charge in [-0.15, -0.1) is 0 Å². The van der Waals surface area contributed by atoms with Crippen molar-refractivity contribution in [2.45, 2.75) is 19.6 Å². The first-order valence-electron chi connectivity index (χ1n) is 8.98. The zero-order valence-corrected chi connectivity index (χ0v) is 15.8. The van der Waals surface area contributed by atoms with Gasteiger partial charge in [-0.3, -0.25) is 19.3 Å². The van der Waals surface area contributed by atoms with Gasteiger partial charge in [0.25, 0.3) is 0 Å². The molecule has 0 atom stereocenters. The fourth-order valence-electron chi connectivity index (χ4n) is 3.26. The highest BCUT2D eigenvalue weighted by Crippen LogP contribution is 2.34. The lowest BCUT2D eigenvalue weighted by molar-refractivity contribution is -0.137. The molecule has 7 nitrogen and oxygen atoms in total. The highest BCUT2D eigenvalue weighted by molar-refractivity contribution is 6.05. The molecule has 2 aromatic heterocycles. The maximum atomic E-state index is 12.8. The second kappa shape index (κ2) is 7.29. The van der Waals surface area contributed by atoms with Gasteiger partial charge in [0.05, 0.1) is 16.9 Å². The molecule has 0 fully saturated rings. The first kappa shape index (κ1) is 19.6. The van der Waals surface area contributed by atoms with E-state index in [1.54, 1.807) is 31.5 Å². The van der Waals surface area contributed by atoms with Crippen LogP contribution in [0.5, 0.6) is 0 Å². The SMILES string of the molecule is Cc1cc2c(cn1)-c1ccnn1CC(=O)N2CC(=O)Nc1ccc(C(F)(F)F)cc1. The molecule has 2 amide bonds. The highest BCUT2D eigenvalue weighted by Gasteiger charge is 2.30. The predicted octanol–water partition coefficient (Wildman–Crippen LogP) is 3.26. The van der Waals surface area contributed by atoms with Gasteiger partial charge in [0.15, 0.2) is 0 Å². The van der Waals surface area contributed by atoms with E-state index in [0.717, 1.165) is 12.1 Å².